The molecule has 1 aromatic heterocycles. The summed E-state index contributed by atoms with van der Waals surface area (Å²) in [5, 5.41) is 3.99. The Morgan fingerprint density at radius 2 is 1.89 bits per heavy atom. The van der Waals surface area contributed by atoms with Crippen LogP contribution in [-0.4, -0.2) is 80.8 Å². The Kier molecular flexibility index (Phi) is 7.51. The van der Waals surface area contributed by atoms with Crippen molar-refractivity contribution in [1.82, 2.24) is 35.2 Å². The number of piperidine rings is 2. The van der Waals surface area contributed by atoms with Gasteiger partial charge in [-0.05, 0) is 89.2 Å². The van der Waals surface area contributed by atoms with Gasteiger partial charge in [0.15, 0.2) is 6.17 Å². The SMILES string of the molecule is CCCCN1NC(N)=C2C(N(Cc3ccc(CN4CCC5(CC4)CCN(C(C)C)CC5)cn3)C(N)=O)N21. The molecule has 0 radical (unpaired) electrons. The Hall–Kier alpha value is -2.56. The predicted octanol–water partition coefficient (Wildman–Crippen LogP) is 2.35. The molecule has 1 aromatic rings. The van der Waals surface area contributed by atoms with Crippen LogP contribution in [-0.2, 0) is 13.1 Å². The van der Waals surface area contributed by atoms with Crippen molar-refractivity contribution in [3.63, 3.8) is 0 Å². The molecule has 1 spiro atoms. The van der Waals surface area contributed by atoms with E-state index in [1.807, 2.05) is 22.4 Å². The van der Waals surface area contributed by atoms with E-state index in [-0.39, 0.29) is 6.17 Å². The van der Waals surface area contributed by atoms with E-state index in [0.717, 1.165) is 50.4 Å². The number of likely N-dealkylation sites (tertiary alicyclic amines) is 2. The van der Waals surface area contributed by atoms with E-state index in [1.165, 1.54) is 44.3 Å². The molecule has 5 rings (SSSR count). The predicted molar refractivity (Wildman–Crippen MR) is 144 cm³/mol. The van der Waals surface area contributed by atoms with Gasteiger partial charge >= 0.3 is 6.03 Å². The van der Waals surface area contributed by atoms with Gasteiger partial charge < -0.3 is 16.4 Å². The first-order valence-electron chi connectivity index (χ1n) is 14.1. The summed E-state index contributed by atoms with van der Waals surface area (Å²) in [5.41, 5.74) is 18.6. The summed E-state index contributed by atoms with van der Waals surface area (Å²) in [6.07, 6.45) is 9.14. The first-order chi connectivity index (χ1) is 17.8. The van der Waals surface area contributed by atoms with Crippen LogP contribution < -0.4 is 16.9 Å². The summed E-state index contributed by atoms with van der Waals surface area (Å²) in [5.74, 6) is 0.587. The van der Waals surface area contributed by atoms with Gasteiger partial charge in [-0.15, -0.1) is 5.12 Å². The maximum Gasteiger partial charge on any atom is 0.317 e. The highest BCUT2D eigenvalue weighted by Gasteiger charge is 2.56. The normalized spacial score (nSPS) is 24.0. The van der Waals surface area contributed by atoms with Crippen LogP contribution in [0.2, 0.25) is 0 Å². The van der Waals surface area contributed by atoms with Crippen molar-refractivity contribution in [1.29, 1.82) is 0 Å². The molecular weight excluding hydrogens is 466 g/mol. The van der Waals surface area contributed by atoms with E-state index in [1.54, 1.807) is 4.90 Å². The molecule has 0 aliphatic carbocycles. The summed E-state index contributed by atoms with van der Waals surface area (Å²) < 4.78 is 0. The molecule has 5 N–H and O–H groups in total. The number of pyridine rings is 1. The Morgan fingerprint density at radius 3 is 2.49 bits per heavy atom. The molecule has 2 amide bonds. The quantitative estimate of drug-likeness (QED) is 0.434. The van der Waals surface area contributed by atoms with Crippen LogP contribution in [0.3, 0.4) is 0 Å². The van der Waals surface area contributed by atoms with Gasteiger partial charge in [-0.25, -0.2) is 4.79 Å². The number of unbranched alkanes of at least 4 members (excludes halogenated alkanes) is 1. The van der Waals surface area contributed by atoms with Crippen LogP contribution in [0.15, 0.2) is 29.8 Å². The van der Waals surface area contributed by atoms with Gasteiger partial charge in [0.05, 0.1) is 12.2 Å². The Morgan fingerprint density at radius 1 is 1.19 bits per heavy atom. The zero-order valence-electron chi connectivity index (χ0n) is 22.8. The van der Waals surface area contributed by atoms with E-state index < -0.39 is 6.03 Å². The minimum atomic E-state index is -0.470. The third-order valence-electron chi connectivity index (χ3n) is 8.87. The molecule has 10 nitrogen and oxygen atoms in total. The van der Waals surface area contributed by atoms with E-state index >= 15 is 0 Å². The number of carbonyl (C=O) groups is 1. The average Bonchev–Trinajstić information content (AvgIpc) is 3.54. The topological polar surface area (TPSA) is 110 Å². The number of rotatable bonds is 9. The molecule has 4 aliphatic heterocycles. The van der Waals surface area contributed by atoms with Gasteiger partial charge in [-0.2, -0.15) is 0 Å². The Bertz CT molecular complexity index is 976. The maximum absolute atomic E-state index is 12.3. The van der Waals surface area contributed by atoms with Crippen LogP contribution in [0.4, 0.5) is 4.79 Å². The zero-order chi connectivity index (χ0) is 26.2. The average molecular weight is 512 g/mol. The minimum Gasteiger partial charge on any atom is -0.383 e. The van der Waals surface area contributed by atoms with E-state index in [0.29, 0.717) is 23.8 Å². The van der Waals surface area contributed by atoms with E-state index in [4.69, 9.17) is 11.5 Å². The standard InChI is InChI=1S/C27H45N9O/c1-4-5-12-35-31-24(28)23-25(36(23)35)34(26(29)37)19-22-7-6-21(17-30-22)18-32-13-8-27(9-14-32)10-15-33(16-11-27)20(2)3/h6-7,17,20,25,31H,4-5,8-16,18-19,28H2,1-3H3,(H2,29,37). The Balaban J connectivity index is 1.13. The van der Waals surface area contributed by atoms with Crippen molar-refractivity contribution in [2.75, 3.05) is 32.7 Å². The maximum atomic E-state index is 12.3. The number of urea groups is 1. The van der Waals surface area contributed by atoms with Gasteiger partial charge in [0.25, 0.3) is 0 Å². The lowest BCUT2D eigenvalue weighted by atomic mass is 9.71. The van der Waals surface area contributed by atoms with Crippen molar-refractivity contribution in [2.24, 2.45) is 16.9 Å². The highest BCUT2D eigenvalue weighted by atomic mass is 16.2. The number of fused-ring (bicyclic) bond motifs is 1. The molecule has 3 fully saturated rings. The summed E-state index contributed by atoms with van der Waals surface area (Å²) in [6, 6.07) is 4.36. The number of nitrogens with two attached hydrogens (primary N) is 2. The number of hydrogen-bond donors (Lipinski definition) is 3. The van der Waals surface area contributed by atoms with Gasteiger partial charge in [0.1, 0.15) is 11.5 Å². The Labute approximate surface area is 221 Å². The van der Waals surface area contributed by atoms with E-state index in [2.05, 4.69) is 47.0 Å². The van der Waals surface area contributed by atoms with Gasteiger partial charge in [-0.1, -0.05) is 19.4 Å². The molecule has 204 valence electrons. The van der Waals surface area contributed by atoms with Crippen LogP contribution in [0.5, 0.6) is 0 Å². The lowest BCUT2D eigenvalue weighted by Gasteiger charge is -2.47. The second kappa shape index (κ2) is 10.7. The molecule has 1 unspecified atom stereocenters. The third-order valence-corrected chi connectivity index (χ3v) is 8.87. The molecule has 0 saturated carbocycles. The monoisotopic (exact) mass is 511 g/mol. The van der Waals surface area contributed by atoms with Crippen molar-refractivity contribution in [2.45, 2.75) is 84.6 Å². The second-order valence-corrected chi connectivity index (χ2v) is 11.6. The number of primary amides is 1. The lowest BCUT2D eigenvalue weighted by molar-refractivity contribution is 0.0219. The molecule has 1 atom stereocenters. The first kappa shape index (κ1) is 26.1. The summed E-state index contributed by atoms with van der Waals surface area (Å²) in [6.45, 7) is 13.7. The number of carbonyl (C=O) groups excluding carboxylic acids is 1. The number of nitrogens with zero attached hydrogens (tertiary/aromatic N) is 6. The fourth-order valence-electron chi connectivity index (χ4n) is 6.26. The van der Waals surface area contributed by atoms with Gasteiger partial charge in [0, 0.05) is 25.3 Å². The fourth-order valence-corrected chi connectivity index (χ4v) is 6.26. The van der Waals surface area contributed by atoms with Crippen LogP contribution in [0, 0.1) is 5.41 Å². The zero-order valence-corrected chi connectivity index (χ0v) is 22.8. The molecule has 0 bridgehead atoms. The van der Waals surface area contributed by atoms with E-state index in [9.17, 15) is 4.79 Å². The van der Waals surface area contributed by atoms with Gasteiger partial charge in [0.2, 0.25) is 0 Å². The smallest absolute Gasteiger partial charge is 0.317 e. The van der Waals surface area contributed by atoms with Crippen molar-refractivity contribution >= 4 is 6.03 Å². The fraction of sp³-hybridized carbons (Fsp3) is 0.704. The van der Waals surface area contributed by atoms with Crippen molar-refractivity contribution in [3.05, 3.63) is 41.1 Å². The minimum absolute atomic E-state index is 0.231. The molecular formula is C27H45N9O. The third kappa shape index (κ3) is 5.51. The number of hydrazine groups is 2. The van der Waals surface area contributed by atoms with Crippen molar-refractivity contribution < 1.29 is 4.79 Å². The molecule has 3 saturated heterocycles. The highest BCUT2D eigenvalue weighted by molar-refractivity contribution is 5.73. The van der Waals surface area contributed by atoms with Crippen molar-refractivity contribution in [3.8, 4) is 0 Å². The highest BCUT2D eigenvalue weighted by Crippen LogP contribution is 2.43. The molecule has 5 heterocycles. The van der Waals surface area contributed by atoms with Crippen LogP contribution in [0.25, 0.3) is 0 Å². The molecule has 10 heteroatoms. The van der Waals surface area contributed by atoms with Crippen LogP contribution >= 0.6 is 0 Å². The summed E-state index contributed by atoms with van der Waals surface area (Å²) in [7, 11) is 0. The summed E-state index contributed by atoms with van der Waals surface area (Å²) >= 11 is 0. The number of nitrogens with one attached hydrogen (secondary N) is 1. The number of aromatic nitrogens is 1. The number of amides is 2. The first-order valence-corrected chi connectivity index (χ1v) is 14.1. The summed E-state index contributed by atoms with van der Waals surface area (Å²) in [4.78, 5) is 23.9. The second-order valence-electron chi connectivity index (χ2n) is 11.6. The largest absolute Gasteiger partial charge is 0.383 e. The van der Waals surface area contributed by atoms with Crippen LogP contribution in [0.1, 0.15) is 70.6 Å². The molecule has 4 aliphatic rings. The van der Waals surface area contributed by atoms with Gasteiger partial charge in [-0.3, -0.25) is 25.2 Å². The molecule has 0 aromatic carbocycles. The lowest BCUT2D eigenvalue weighted by Crippen LogP contribution is -2.48. The number of hydrogen-bond acceptors (Lipinski definition) is 8. The molecule has 37 heavy (non-hydrogen) atoms.